The maximum atomic E-state index is 5.25. The Hall–Kier alpha value is -0.0800. The van der Waals surface area contributed by atoms with Crippen LogP contribution in [-0.4, -0.2) is 75.3 Å². The number of likely N-dealkylation sites (tertiary alicyclic amines) is 2. The van der Waals surface area contributed by atoms with Gasteiger partial charge in [-0.05, 0) is 44.1 Å². The quantitative estimate of drug-likeness (QED) is 0.386. The highest BCUT2D eigenvalue weighted by Gasteiger charge is 2.39. The van der Waals surface area contributed by atoms with E-state index in [0.29, 0.717) is 11.5 Å². The molecule has 1 spiro atoms. The van der Waals surface area contributed by atoms with Gasteiger partial charge in [0.1, 0.15) is 0 Å². The first-order valence-corrected chi connectivity index (χ1v) is 9.95. The fourth-order valence-electron chi connectivity index (χ4n) is 5.00. The Morgan fingerprint density at radius 2 is 1.96 bits per heavy atom. The van der Waals surface area contributed by atoms with Crippen LogP contribution in [0.15, 0.2) is 4.99 Å². The van der Waals surface area contributed by atoms with Gasteiger partial charge in [-0.3, -0.25) is 9.89 Å². The molecule has 3 fully saturated rings. The number of methoxy groups -OCH3 is 1. The third-order valence-electron chi connectivity index (χ3n) is 6.44. The average Bonchev–Trinajstić information content (AvgIpc) is 3.22. The molecule has 0 aromatic carbocycles. The lowest BCUT2D eigenvalue weighted by Crippen LogP contribution is -2.47. The Bertz CT molecular complexity index is 426. The van der Waals surface area contributed by atoms with Crippen molar-refractivity contribution in [2.75, 3.05) is 53.5 Å². The highest BCUT2D eigenvalue weighted by atomic mass is 127. The van der Waals surface area contributed by atoms with Gasteiger partial charge in [0.15, 0.2) is 5.96 Å². The molecule has 0 amide bonds. The maximum Gasteiger partial charge on any atom is 0.193 e. The van der Waals surface area contributed by atoms with Crippen molar-refractivity contribution in [2.45, 2.75) is 57.4 Å². The van der Waals surface area contributed by atoms with E-state index < -0.39 is 0 Å². The van der Waals surface area contributed by atoms with E-state index in [2.05, 4.69) is 20.1 Å². The van der Waals surface area contributed by atoms with E-state index in [1.54, 1.807) is 7.11 Å². The fourth-order valence-corrected chi connectivity index (χ4v) is 5.00. The minimum atomic E-state index is 0. The highest BCUT2D eigenvalue weighted by molar-refractivity contribution is 14.0. The topological polar surface area (TPSA) is 40.1 Å². The molecule has 6 heteroatoms. The lowest BCUT2D eigenvalue weighted by Gasteiger charge is -2.34. The van der Waals surface area contributed by atoms with Crippen molar-refractivity contribution >= 4 is 29.9 Å². The summed E-state index contributed by atoms with van der Waals surface area (Å²) >= 11 is 0. The van der Waals surface area contributed by atoms with E-state index in [-0.39, 0.29) is 24.0 Å². The smallest absolute Gasteiger partial charge is 0.193 e. The second kappa shape index (κ2) is 10.3. The molecule has 2 heterocycles. The van der Waals surface area contributed by atoms with E-state index >= 15 is 0 Å². The zero-order chi connectivity index (χ0) is 16.8. The number of guanidine groups is 1. The van der Waals surface area contributed by atoms with Crippen LogP contribution < -0.4 is 5.32 Å². The van der Waals surface area contributed by atoms with Crippen molar-refractivity contribution < 1.29 is 4.74 Å². The monoisotopic (exact) mass is 464 g/mol. The number of nitrogens with one attached hydrogen (secondary N) is 1. The highest BCUT2D eigenvalue weighted by Crippen LogP contribution is 2.43. The van der Waals surface area contributed by atoms with Crippen molar-refractivity contribution in [1.29, 1.82) is 0 Å². The molecular formula is C19H37IN4O. The second-order valence-corrected chi connectivity index (χ2v) is 7.99. The van der Waals surface area contributed by atoms with E-state index in [1.807, 2.05) is 7.05 Å². The van der Waals surface area contributed by atoms with Gasteiger partial charge in [-0.15, -0.1) is 24.0 Å². The first-order chi connectivity index (χ1) is 11.8. The van der Waals surface area contributed by atoms with Gasteiger partial charge in [-0.1, -0.05) is 19.3 Å². The van der Waals surface area contributed by atoms with E-state index in [0.717, 1.165) is 25.7 Å². The molecule has 1 unspecified atom stereocenters. The molecule has 0 bridgehead atoms. The van der Waals surface area contributed by atoms with Crippen molar-refractivity contribution in [1.82, 2.24) is 15.1 Å². The molecule has 0 aromatic rings. The summed E-state index contributed by atoms with van der Waals surface area (Å²) in [5, 5.41) is 3.68. The Balaban J connectivity index is 0.00000225. The number of aliphatic imine (C=N–C) groups is 1. The van der Waals surface area contributed by atoms with Crippen LogP contribution in [0.4, 0.5) is 0 Å². The van der Waals surface area contributed by atoms with Crippen molar-refractivity contribution in [3.63, 3.8) is 0 Å². The molecule has 1 aliphatic carbocycles. The van der Waals surface area contributed by atoms with E-state index in [9.17, 15) is 0 Å². The Morgan fingerprint density at radius 3 is 2.68 bits per heavy atom. The Kier molecular flexibility index (Phi) is 8.75. The summed E-state index contributed by atoms with van der Waals surface area (Å²) in [5.74, 6) is 1.12. The van der Waals surface area contributed by atoms with Crippen LogP contribution in [0.5, 0.6) is 0 Å². The summed E-state index contributed by atoms with van der Waals surface area (Å²) in [6.07, 6.45) is 11.1. The van der Waals surface area contributed by atoms with Gasteiger partial charge in [-0.25, -0.2) is 0 Å². The molecule has 1 saturated carbocycles. The standard InChI is InChI=1S/C19H36N4O.HI/c1-20-18(21-15-17-7-6-11-22(17)13-14-24-2)23-12-10-19(16-23)8-4-3-5-9-19;/h17H,3-16H2,1-2H3,(H,20,21);1H. The van der Waals surface area contributed by atoms with Crippen molar-refractivity contribution in [2.24, 2.45) is 10.4 Å². The minimum Gasteiger partial charge on any atom is -0.383 e. The summed E-state index contributed by atoms with van der Waals surface area (Å²) in [6.45, 7) is 6.50. The molecular weight excluding hydrogens is 427 g/mol. The van der Waals surface area contributed by atoms with Gasteiger partial charge in [0.05, 0.1) is 6.61 Å². The Morgan fingerprint density at radius 1 is 1.16 bits per heavy atom. The largest absolute Gasteiger partial charge is 0.383 e. The predicted octanol–water partition coefficient (Wildman–Crippen LogP) is 2.95. The summed E-state index contributed by atoms with van der Waals surface area (Å²) in [7, 11) is 3.73. The number of nitrogens with zero attached hydrogens (tertiary/aromatic N) is 3. The van der Waals surface area contributed by atoms with Crippen molar-refractivity contribution in [3.8, 4) is 0 Å². The third kappa shape index (κ3) is 5.45. The van der Waals surface area contributed by atoms with E-state index in [1.165, 1.54) is 71.0 Å². The van der Waals surface area contributed by atoms with Crippen LogP contribution in [0.3, 0.4) is 0 Å². The van der Waals surface area contributed by atoms with Crippen LogP contribution in [0.1, 0.15) is 51.4 Å². The number of hydrogen-bond donors (Lipinski definition) is 1. The molecule has 2 aliphatic heterocycles. The maximum absolute atomic E-state index is 5.25. The minimum absolute atomic E-state index is 0. The molecule has 5 nitrogen and oxygen atoms in total. The second-order valence-electron chi connectivity index (χ2n) is 7.99. The molecule has 0 radical (unpaired) electrons. The number of hydrogen-bond acceptors (Lipinski definition) is 3. The van der Waals surface area contributed by atoms with Gasteiger partial charge >= 0.3 is 0 Å². The molecule has 0 aromatic heterocycles. The molecule has 2 saturated heterocycles. The summed E-state index contributed by atoms with van der Waals surface area (Å²) < 4.78 is 5.25. The van der Waals surface area contributed by atoms with Gasteiger partial charge < -0.3 is 15.0 Å². The van der Waals surface area contributed by atoms with Crippen LogP contribution in [0.2, 0.25) is 0 Å². The molecule has 1 atom stereocenters. The third-order valence-corrected chi connectivity index (χ3v) is 6.44. The van der Waals surface area contributed by atoms with Crippen LogP contribution in [-0.2, 0) is 4.74 Å². The predicted molar refractivity (Wildman–Crippen MR) is 115 cm³/mol. The average molecular weight is 464 g/mol. The number of rotatable bonds is 5. The summed E-state index contributed by atoms with van der Waals surface area (Å²) in [5.41, 5.74) is 0.591. The van der Waals surface area contributed by atoms with E-state index in [4.69, 9.17) is 4.74 Å². The van der Waals surface area contributed by atoms with Gasteiger partial charge in [0, 0.05) is 46.4 Å². The van der Waals surface area contributed by atoms with Gasteiger partial charge in [0.25, 0.3) is 0 Å². The first-order valence-electron chi connectivity index (χ1n) is 9.95. The lowest BCUT2D eigenvalue weighted by atomic mass is 9.73. The summed E-state index contributed by atoms with van der Waals surface area (Å²) in [6, 6.07) is 0.628. The zero-order valence-corrected chi connectivity index (χ0v) is 18.5. The molecule has 3 rings (SSSR count). The van der Waals surface area contributed by atoms with Crippen molar-refractivity contribution in [3.05, 3.63) is 0 Å². The SMILES string of the molecule is CN=C(NCC1CCCN1CCOC)N1CCC2(CCCCC2)C1.I. The molecule has 25 heavy (non-hydrogen) atoms. The zero-order valence-electron chi connectivity index (χ0n) is 16.1. The lowest BCUT2D eigenvalue weighted by molar-refractivity contribution is 0.141. The summed E-state index contributed by atoms with van der Waals surface area (Å²) in [4.78, 5) is 9.66. The van der Waals surface area contributed by atoms with Gasteiger partial charge in [0.2, 0.25) is 0 Å². The number of ether oxygens (including phenoxy) is 1. The fraction of sp³-hybridized carbons (Fsp3) is 0.947. The first kappa shape index (κ1) is 21.2. The number of halogens is 1. The molecule has 3 aliphatic rings. The van der Waals surface area contributed by atoms with Crippen LogP contribution in [0.25, 0.3) is 0 Å². The molecule has 146 valence electrons. The Labute approximate surface area is 171 Å². The normalized spacial score (nSPS) is 26.9. The van der Waals surface area contributed by atoms with Crippen LogP contribution in [0, 0.1) is 5.41 Å². The van der Waals surface area contributed by atoms with Crippen LogP contribution >= 0.6 is 24.0 Å². The molecule has 1 N–H and O–H groups in total. The van der Waals surface area contributed by atoms with Gasteiger partial charge in [-0.2, -0.15) is 0 Å².